The predicted octanol–water partition coefficient (Wildman–Crippen LogP) is 3.63. The highest BCUT2D eigenvalue weighted by Gasteiger charge is 2.30. The number of aromatic amines is 1. The van der Waals surface area contributed by atoms with Crippen molar-refractivity contribution in [3.63, 3.8) is 0 Å². The lowest BCUT2D eigenvalue weighted by Crippen LogP contribution is -2.38. The summed E-state index contributed by atoms with van der Waals surface area (Å²) in [6.45, 7) is 3.51. The Morgan fingerprint density at radius 1 is 1.43 bits per heavy atom. The number of hydrogen-bond acceptors (Lipinski definition) is 3. The molecule has 0 aliphatic carbocycles. The number of carbonyl (C=O) groups is 1. The van der Waals surface area contributed by atoms with E-state index in [4.69, 9.17) is 4.74 Å². The Labute approximate surface area is 133 Å². The van der Waals surface area contributed by atoms with Crippen LogP contribution in [0.1, 0.15) is 50.0 Å². The third-order valence-corrected chi connectivity index (χ3v) is 3.90. The molecule has 0 bridgehead atoms. The molecule has 8 heteroatoms. The molecule has 0 saturated carbocycles. The molecule has 1 saturated heterocycles. The van der Waals surface area contributed by atoms with Crippen molar-refractivity contribution in [3.05, 3.63) is 17.7 Å². The summed E-state index contributed by atoms with van der Waals surface area (Å²) in [7, 11) is 0. The van der Waals surface area contributed by atoms with Crippen molar-refractivity contribution in [3.8, 4) is 0 Å². The molecule has 0 atom stereocenters. The lowest BCUT2D eigenvalue weighted by atomic mass is 9.96. The fourth-order valence-corrected chi connectivity index (χ4v) is 2.62. The largest absolute Gasteiger partial charge is 0.449 e. The summed E-state index contributed by atoms with van der Waals surface area (Å²) < 4.78 is 42.2. The average molecular weight is 333 g/mol. The van der Waals surface area contributed by atoms with E-state index in [0.717, 1.165) is 12.8 Å². The number of carbonyl (C=O) groups excluding carboxylic acids is 1. The number of hydrogen-bond donors (Lipinski definition) is 1. The van der Waals surface area contributed by atoms with Gasteiger partial charge in [-0.2, -0.15) is 13.2 Å². The van der Waals surface area contributed by atoms with E-state index in [-0.39, 0.29) is 17.7 Å². The summed E-state index contributed by atoms with van der Waals surface area (Å²) in [6, 6.07) is 0. The summed E-state index contributed by atoms with van der Waals surface area (Å²) in [5, 5.41) is 0. The summed E-state index contributed by atoms with van der Waals surface area (Å²) in [5.74, 6) is 0.625. The Morgan fingerprint density at radius 2 is 2.13 bits per heavy atom. The second kappa shape index (κ2) is 7.70. The molecule has 0 spiro atoms. The molecule has 5 nitrogen and oxygen atoms in total. The summed E-state index contributed by atoms with van der Waals surface area (Å²) in [6.07, 6.45) is -1.16. The first-order chi connectivity index (χ1) is 10.9. The van der Waals surface area contributed by atoms with Crippen LogP contribution in [0.4, 0.5) is 18.0 Å². The number of nitrogens with zero attached hydrogens (tertiary/aromatic N) is 2. The molecular weight excluding hydrogens is 311 g/mol. The fraction of sp³-hybridized carbons (Fsp3) is 0.733. The maximum absolute atomic E-state index is 12.4. The van der Waals surface area contributed by atoms with Gasteiger partial charge in [0.15, 0.2) is 0 Å². The van der Waals surface area contributed by atoms with Crippen LogP contribution < -0.4 is 0 Å². The predicted molar refractivity (Wildman–Crippen MR) is 78.2 cm³/mol. The van der Waals surface area contributed by atoms with Crippen molar-refractivity contribution in [1.29, 1.82) is 0 Å². The maximum atomic E-state index is 12.4. The quantitative estimate of drug-likeness (QED) is 0.837. The number of nitrogens with one attached hydrogen (secondary N) is 1. The summed E-state index contributed by atoms with van der Waals surface area (Å²) in [5.41, 5.74) is 0.0777. The third kappa shape index (κ3) is 5.44. The van der Waals surface area contributed by atoms with Gasteiger partial charge in [-0.15, -0.1) is 0 Å². The zero-order valence-corrected chi connectivity index (χ0v) is 13.2. The SMILES string of the molecule is CCCCOC(=O)N1CCC(c2ncc(CC(F)(F)F)[nH]2)CC1. The number of piperidine rings is 1. The van der Waals surface area contributed by atoms with Crippen molar-refractivity contribution in [1.82, 2.24) is 14.9 Å². The Balaban J connectivity index is 1.81. The van der Waals surface area contributed by atoms with Gasteiger partial charge in [-0.3, -0.25) is 0 Å². The number of H-pyrrole nitrogens is 1. The highest BCUT2D eigenvalue weighted by Crippen LogP contribution is 2.27. The van der Waals surface area contributed by atoms with Crippen LogP contribution in [0.25, 0.3) is 0 Å². The molecule has 2 rings (SSSR count). The molecule has 0 aromatic carbocycles. The first-order valence-electron chi connectivity index (χ1n) is 7.91. The first-order valence-corrected chi connectivity index (χ1v) is 7.91. The average Bonchev–Trinajstić information content (AvgIpc) is 2.94. The molecule has 1 N–H and O–H groups in total. The highest BCUT2D eigenvalue weighted by atomic mass is 19.4. The van der Waals surface area contributed by atoms with Gasteiger partial charge >= 0.3 is 12.3 Å². The second-order valence-electron chi connectivity index (χ2n) is 5.81. The van der Waals surface area contributed by atoms with Gasteiger partial charge < -0.3 is 14.6 Å². The van der Waals surface area contributed by atoms with Crippen LogP contribution in [0.5, 0.6) is 0 Å². The van der Waals surface area contributed by atoms with E-state index in [0.29, 0.717) is 38.4 Å². The van der Waals surface area contributed by atoms with E-state index < -0.39 is 12.6 Å². The van der Waals surface area contributed by atoms with Gasteiger partial charge in [0.1, 0.15) is 5.82 Å². The number of likely N-dealkylation sites (tertiary alicyclic amines) is 1. The number of halogens is 3. The minimum atomic E-state index is -4.24. The van der Waals surface area contributed by atoms with Gasteiger partial charge in [0.2, 0.25) is 0 Å². The summed E-state index contributed by atoms with van der Waals surface area (Å²) >= 11 is 0. The number of alkyl halides is 3. The normalized spacial score (nSPS) is 16.6. The number of amides is 1. The van der Waals surface area contributed by atoms with Gasteiger partial charge in [0.05, 0.1) is 13.0 Å². The van der Waals surface area contributed by atoms with E-state index in [1.807, 2.05) is 6.92 Å². The monoisotopic (exact) mass is 333 g/mol. The Bertz CT molecular complexity index is 508. The number of ether oxygens (including phenoxy) is 1. The van der Waals surface area contributed by atoms with E-state index >= 15 is 0 Å². The molecule has 2 heterocycles. The highest BCUT2D eigenvalue weighted by molar-refractivity contribution is 5.67. The topological polar surface area (TPSA) is 58.2 Å². The van der Waals surface area contributed by atoms with E-state index in [9.17, 15) is 18.0 Å². The zero-order valence-electron chi connectivity index (χ0n) is 13.2. The first kappa shape index (κ1) is 17.6. The molecule has 23 heavy (non-hydrogen) atoms. The molecular formula is C15H22F3N3O2. The van der Waals surface area contributed by atoms with Crippen LogP contribution in [0.15, 0.2) is 6.20 Å². The van der Waals surface area contributed by atoms with Crippen LogP contribution in [-0.2, 0) is 11.2 Å². The number of aromatic nitrogens is 2. The number of rotatable bonds is 5. The third-order valence-electron chi connectivity index (χ3n) is 3.90. The lowest BCUT2D eigenvalue weighted by molar-refractivity contribution is -0.127. The lowest BCUT2D eigenvalue weighted by Gasteiger charge is -2.30. The van der Waals surface area contributed by atoms with E-state index in [1.165, 1.54) is 6.20 Å². The molecule has 0 radical (unpaired) electrons. The van der Waals surface area contributed by atoms with Gasteiger partial charge in [-0.05, 0) is 19.3 Å². The summed E-state index contributed by atoms with van der Waals surface area (Å²) in [4.78, 5) is 20.3. The van der Waals surface area contributed by atoms with Crippen molar-refractivity contribution in [2.75, 3.05) is 19.7 Å². The van der Waals surface area contributed by atoms with Crippen molar-refractivity contribution < 1.29 is 22.7 Å². The second-order valence-corrected chi connectivity index (χ2v) is 5.81. The zero-order chi connectivity index (χ0) is 16.9. The Morgan fingerprint density at radius 3 is 2.74 bits per heavy atom. The molecule has 0 unspecified atom stereocenters. The smallest absolute Gasteiger partial charge is 0.409 e. The van der Waals surface area contributed by atoms with Crippen LogP contribution in [-0.4, -0.2) is 46.8 Å². The minimum absolute atomic E-state index is 0.0525. The molecule has 1 aromatic heterocycles. The molecule has 1 fully saturated rings. The van der Waals surface area contributed by atoms with E-state index in [2.05, 4.69) is 9.97 Å². The fourth-order valence-electron chi connectivity index (χ4n) is 2.62. The van der Waals surface area contributed by atoms with Crippen molar-refractivity contribution in [2.24, 2.45) is 0 Å². The van der Waals surface area contributed by atoms with Gasteiger partial charge in [-0.1, -0.05) is 13.3 Å². The van der Waals surface area contributed by atoms with Crippen LogP contribution >= 0.6 is 0 Å². The maximum Gasteiger partial charge on any atom is 0.409 e. The molecule has 130 valence electrons. The molecule has 1 aliphatic rings. The minimum Gasteiger partial charge on any atom is -0.449 e. The molecule has 1 aromatic rings. The van der Waals surface area contributed by atoms with Crippen LogP contribution in [0.2, 0.25) is 0 Å². The Kier molecular flexibility index (Phi) is 5.90. The van der Waals surface area contributed by atoms with E-state index in [1.54, 1.807) is 4.90 Å². The van der Waals surface area contributed by atoms with Gasteiger partial charge in [0, 0.05) is 30.9 Å². The standard InChI is InChI=1S/C15H22F3N3O2/c1-2-3-8-23-14(22)21-6-4-11(5-7-21)13-19-10-12(20-13)9-15(16,17)18/h10-11H,2-9H2,1H3,(H,19,20). The molecule has 1 aliphatic heterocycles. The number of unbranched alkanes of at least 4 members (excludes halogenated alkanes) is 1. The van der Waals surface area contributed by atoms with Gasteiger partial charge in [0.25, 0.3) is 0 Å². The van der Waals surface area contributed by atoms with Gasteiger partial charge in [-0.25, -0.2) is 9.78 Å². The van der Waals surface area contributed by atoms with Crippen LogP contribution in [0, 0.1) is 0 Å². The van der Waals surface area contributed by atoms with Crippen molar-refractivity contribution >= 4 is 6.09 Å². The Hall–Kier alpha value is -1.73. The molecule has 1 amide bonds. The van der Waals surface area contributed by atoms with Crippen LogP contribution in [0.3, 0.4) is 0 Å². The van der Waals surface area contributed by atoms with Crippen molar-refractivity contribution in [2.45, 2.75) is 51.1 Å². The number of imidazole rings is 1.